The highest BCUT2D eigenvalue weighted by Crippen LogP contribution is 2.18. The molecule has 0 atom stereocenters. The Morgan fingerprint density at radius 3 is 2.75 bits per heavy atom. The Morgan fingerprint density at radius 2 is 1.92 bits per heavy atom. The lowest BCUT2D eigenvalue weighted by molar-refractivity contribution is 0.513. The molecule has 0 aliphatic rings. The first-order chi connectivity index (χ1) is 11.5. The molecule has 9 heteroatoms. The zero-order valence-electron chi connectivity index (χ0n) is 12.1. The number of oxazole rings is 2. The third kappa shape index (κ3) is 2.59. The first-order valence-electron chi connectivity index (χ1n) is 6.98. The van der Waals surface area contributed by atoms with Crippen molar-refractivity contribution in [2.45, 2.75) is 11.4 Å². The van der Waals surface area contributed by atoms with Crippen LogP contribution in [0.1, 0.15) is 5.89 Å². The molecular formula is C15H11N3O5S. The van der Waals surface area contributed by atoms with E-state index < -0.39 is 15.8 Å². The maximum atomic E-state index is 12.4. The Labute approximate surface area is 135 Å². The van der Waals surface area contributed by atoms with E-state index in [9.17, 15) is 13.2 Å². The van der Waals surface area contributed by atoms with Crippen molar-refractivity contribution in [2.75, 3.05) is 0 Å². The molecule has 0 radical (unpaired) electrons. The van der Waals surface area contributed by atoms with Gasteiger partial charge in [-0.15, -0.1) is 0 Å². The van der Waals surface area contributed by atoms with Crippen LogP contribution >= 0.6 is 0 Å². The number of para-hydroxylation sites is 2. The lowest BCUT2D eigenvalue weighted by Crippen LogP contribution is -2.23. The fraction of sp³-hybridized carbons (Fsp3) is 0.0667. The second kappa shape index (κ2) is 5.32. The number of aromatic nitrogens is 2. The summed E-state index contributed by atoms with van der Waals surface area (Å²) in [5, 5.41) is 0. The molecule has 0 fully saturated rings. The Balaban J connectivity index is 1.60. The van der Waals surface area contributed by atoms with Crippen molar-refractivity contribution >= 4 is 32.2 Å². The summed E-state index contributed by atoms with van der Waals surface area (Å²) < 4.78 is 37.5. The van der Waals surface area contributed by atoms with Crippen LogP contribution in [-0.2, 0) is 16.6 Å². The van der Waals surface area contributed by atoms with E-state index in [-0.39, 0.29) is 22.9 Å². The summed E-state index contributed by atoms with van der Waals surface area (Å²) in [6.07, 6.45) is 0. The number of rotatable bonds is 4. The predicted molar refractivity (Wildman–Crippen MR) is 84.9 cm³/mol. The van der Waals surface area contributed by atoms with Crippen LogP contribution in [0.3, 0.4) is 0 Å². The number of aromatic amines is 1. The van der Waals surface area contributed by atoms with E-state index in [0.717, 1.165) is 0 Å². The van der Waals surface area contributed by atoms with Crippen LogP contribution in [0.2, 0.25) is 0 Å². The van der Waals surface area contributed by atoms with Crippen LogP contribution in [0, 0.1) is 0 Å². The molecule has 2 N–H and O–H groups in total. The number of nitrogens with zero attached hydrogens (tertiary/aromatic N) is 1. The van der Waals surface area contributed by atoms with Crippen molar-refractivity contribution in [1.29, 1.82) is 0 Å². The van der Waals surface area contributed by atoms with Crippen LogP contribution in [-0.4, -0.2) is 18.4 Å². The third-order valence-corrected chi connectivity index (χ3v) is 4.85. The average molecular weight is 345 g/mol. The molecule has 0 unspecified atom stereocenters. The van der Waals surface area contributed by atoms with Gasteiger partial charge in [0.25, 0.3) is 0 Å². The third-order valence-electron chi connectivity index (χ3n) is 3.45. The summed E-state index contributed by atoms with van der Waals surface area (Å²) >= 11 is 0. The van der Waals surface area contributed by atoms with Gasteiger partial charge in [-0.1, -0.05) is 12.1 Å². The largest absolute Gasteiger partial charge is 0.439 e. The summed E-state index contributed by atoms with van der Waals surface area (Å²) in [5.41, 5.74) is 1.84. The van der Waals surface area contributed by atoms with E-state index in [2.05, 4.69) is 14.7 Å². The minimum Gasteiger partial charge on any atom is -0.439 e. The molecule has 24 heavy (non-hydrogen) atoms. The van der Waals surface area contributed by atoms with Crippen molar-refractivity contribution in [3.63, 3.8) is 0 Å². The SMILES string of the molecule is O=c1[nH]c2ccc(S(=O)(=O)NCc3nc4ccccc4o3)cc2o1. The van der Waals surface area contributed by atoms with E-state index >= 15 is 0 Å². The lowest BCUT2D eigenvalue weighted by atomic mass is 10.3. The number of sulfonamides is 1. The summed E-state index contributed by atoms with van der Waals surface area (Å²) in [4.78, 5) is 17.8. The highest BCUT2D eigenvalue weighted by Gasteiger charge is 2.17. The second-order valence-electron chi connectivity index (χ2n) is 5.07. The fourth-order valence-corrected chi connectivity index (χ4v) is 3.32. The molecule has 0 aliphatic heterocycles. The summed E-state index contributed by atoms with van der Waals surface area (Å²) in [7, 11) is -3.80. The molecule has 2 heterocycles. The molecule has 0 bridgehead atoms. The topological polar surface area (TPSA) is 118 Å². The minimum atomic E-state index is -3.80. The zero-order chi connectivity index (χ0) is 16.7. The van der Waals surface area contributed by atoms with Gasteiger partial charge in [0.2, 0.25) is 15.9 Å². The number of H-pyrrole nitrogens is 1. The van der Waals surface area contributed by atoms with Gasteiger partial charge < -0.3 is 8.83 Å². The van der Waals surface area contributed by atoms with E-state index in [1.54, 1.807) is 18.2 Å². The number of hydrogen-bond donors (Lipinski definition) is 2. The standard InChI is InChI=1S/C15H11N3O5S/c19-15-18-11-6-5-9(7-13(11)23-15)24(20,21)16-8-14-17-10-3-1-2-4-12(10)22-14/h1-7,16H,8H2,(H,18,19). The van der Waals surface area contributed by atoms with Gasteiger partial charge >= 0.3 is 5.76 Å². The summed E-state index contributed by atoms with van der Waals surface area (Å²) in [6, 6.07) is 11.3. The average Bonchev–Trinajstić information content (AvgIpc) is 3.13. The van der Waals surface area contributed by atoms with Gasteiger partial charge in [0.05, 0.1) is 17.0 Å². The molecular weight excluding hydrogens is 334 g/mol. The second-order valence-corrected chi connectivity index (χ2v) is 6.84. The molecule has 122 valence electrons. The van der Waals surface area contributed by atoms with Gasteiger partial charge in [0, 0.05) is 6.07 Å². The van der Waals surface area contributed by atoms with Crippen LogP contribution in [0.25, 0.3) is 22.2 Å². The maximum Gasteiger partial charge on any atom is 0.417 e. The quantitative estimate of drug-likeness (QED) is 0.581. The number of fused-ring (bicyclic) bond motifs is 2. The lowest BCUT2D eigenvalue weighted by Gasteiger charge is -2.04. The van der Waals surface area contributed by atoms with E-state index in [1.807, 2.05) is 6.07 Å². The van der Waals surface area contributed by atoms with Gasteiger partial charge in [-0.2, -0.15) is 0 Å². The van der Waals surface area contributed by atoms with Gasteiger partial charge in [-0.25, -0.2) is 22.9 Å². The van der Waals surface area contributed by atoms with Gasteiger partial charge in [-0.05, 0) is 24.3 Å². The van der Waals surface area contributed by atoms with Crippen LogP contribution in [0.4, 0.5) is 0 Å². The van der Waals surface area contributed by atoms with E-state index in [0.29, 0.717) is 16.6 Å². The Morgan fingerprint density at radius 1 is 1.08 bits per heavy atom. The molecule has 8 nitrogen and oxygen atoms in total. The van der Waals surface area contributed by atoms with Crippen LogP contribution < -0.4 is 10.5 Å². The van der Waals surface area contributed by atoms with Crippen molar-refractivity contribution in [3.8, 4) is 0 Å². The number of nitrogens with one attached hydrogen (secondary N) is 2. The highest BCUT2D eigenvalue weighted by molar-refractivity contribution is 7.89. The van der Waals surface area contributed by atoms with Gasteiger partial charge in [0.1, 0.15) is 5.52 Å². The van der Waals surface area contributed by atoms with Crippen molar-refractivity contribution in [2.24, 2.45) is 0 Å². The molecule has 0 saturated carbocycles. The summed E-state index contributed by atoms with van der Waals surface area (Å²) in [5.74, 6) is -0.381. The Kier molecular flexibility index (Phi) is 3.25. The smallest absolute Gasteiger partial charge is 0.417 e. The van der Waals surface area contributed by atoms with Gasteiger partial charge in [0.15, 0.2) is 11.2 Å². The first kappa shape index (κ1) is 14.7. The minimum absolute atomic E-state index is 0.0196. The molecule has 0 amide bonds. The molecule has 4 rings (SSSR count). The summed E-state index contributed by atoms with van der Waals surface area (Å²) in [6.45, 7) is -0.0911. The molecule has 0 saturated heterocycles. The van der Waals surface area contributed by atoms with Crippen molar-refractivity contribution in [3.05, 3.63) is 58.9 Å². The normalized spacial score (nSPS) is 12.2. The molecule has 2 aromatic heterocycles. The monoisotopic (exact) mass is 345 g/mol. The molecule has 0 aliphatic carbocycles. The highest BCUT2D eigenvalue weighted by atomic mass is 32.2. The fourth-order valence-electron chi connectivity index (χ4n) is 2.33. The maximum absolute atomic E-state index is 12.4. The molecule has 4 aromatic rings. The van der Waals surface area contributed by atoms with E-state index in [1.165, 1.54) is 18.2 Å². The molecule has 0 spiro atoms. The van der Waals surface area contributed by atoms with E-state index in [4.69, 9.17) is 8.83 Å². The predicted octanol–water partition coefficient (Wildman–Crippen LogP) is 1.74. The first-order valence-corrected chi connectivity index (χ1v) is 8.47. The van der Waals surface area contributed by atoms with Crippen molar-refractivity contribution < 1.29 is 17.3 Å². The number of hydrogen-bond acceptors (Lipinski definition) is 6. The van der Waals surface area contributed by atoms with Crippen LogP contribution in [0.15, 0.2) is 61.0 Å². The molecule has 2 aromatic carbocycles. The van der Waals surface area contributed by atoms with Crippen LogP contribution in [0.5, 0.6) is 0 Å². The Bertz CT molecular complexity index is 1170. The van der Waals surface area contributed by atoms with Gasteiger partial charge in [-0.3, -0.25) is 4.98 Å². The zero-order valence-corrected chi connectivity index (χ0v) is 13.0. The van der Waals surface area contributed by atoms with Crippen molar-refractivity contribution in [1.82, 2.24) is 14.7 Å². The number of benzene rings is 2. The Hall–Kier alpha value is -2.91.